The van der Waals surface area contributed by atoms with Crippen molar-refractivity contribution in [3.05, 3.63) is 69.7 Å². The molecule has 0 spiro atoms. The zero-order valence-electron chi connectivity index (χ0n) is 11.5. The Bertz CT molecular complexity index is 667. The second-order valence-electron chi connectivity index (χ2n) is 5.23. The Kier molecular flexibility index (Phi) is 3.95. The molecule has 1 unspecified atom stereocenters. The van der Waals surface area contributed by atoms with Crippen molar-refractivity contribution in [3.8, 4) is 0 Å². The fraction of sp³-hybridized carbons (Fsp3) is 0.235. The van der Waals surface area contributed by atoms with E-state index in [1.165, 1.54) is 0 Å². The first-order valence-corrected chi connectivity index (χ1v) is 7.37. The van der Waals surface area contributed by atoms with Crippen LogP contribution in [0.3, 0.4) is 0 Å². The monoisotopic (exact) mass is 301 g/mol. The second kappa shape index (κ2) is 5.88. The van der Waals surface area contributed by atoms with Gasteiger partial charge < -0.3 is 10.4 Å². The van der Waals surface area contributed by atoms with E-state index in [9.17, 15) is 9.90 Å². The van der Waals surface area contributed by atoms with Gasteiger partial charge >= 0.3 is 0 Å². The fourth-order valence-corrected chi connectivity index (χ4v) is 2.73. The van der Waals surface area contributed by atoms with Crippen LogP contribution in [0.2, 0.25) is 5.02 Å². The molecular weight excluding hydrogens is 286 g/mol. The molecule has 1 aliphatic heterocycles. The molecular formula is C17H16ClNO2. The molecule has 2 N–H and O–H groups in total. The number of carbonyl (C=O) groups is 1. The minimum atomic E-state index is -0.761. The molecule has 0 bridgehead atoms. The largest absolute Gasteiger partial charge is 0.384 e. The maximum Gasteiger partial charge on any atom is 0.251 e. The Morgan fingerprint density at radius 2 is 1.81 bits per heavy atom. The first-order valence-electron chi connectivity index (χ1n) is 7.00. The van der Waals surface area contributed by atoms with Gasteiger partial charge in [0.1, 0.15) is 6.10 Å². The first kappa shape index (κ1) is 14.1. The molecule has 1 heterocycles. The third kappa shape index (κ3) is 2.94. The number of fused-ring (bicyclic) bond motifs is 1. The summed E-state index contributed by atoms with van der Waals surface area (Å²) < 4.78 is 0. The van der Waals surface area contributed by atoms with Crippen LogP contribution in [0.4, 0.5) is 0 Å². The van der Waals surface area contributed by atoms with Gasteiger partial charge in [0, 0.05) is 17.1 Å². The van der Waals surface area contributed by atoms with Crippen molar-refractivity contribution in [1.29, 1.82) is 0 Å². The van der Waals surface area contributed by atoms with Crippen LogP contribution in [0, 0.1) is 0 Å². The summed E-state index contributed by atoms with van der Waals surface area (Å²) >= 11 is 5.86. The molecule has 0 fully saturated rings. The zero-order valence-corrected chi connectivity index (χ0v) is 12.2. The van der Waals surface area contributed by atoms with Gasteiger partial charge in [0.2, 0.25) is 0 Å². The molecule has 1 atom stereocenters. The third-order valence-corrected chi connectivity index (χ3v) is 4.04. The van der Waals surface area contributed by atoms with E-state index in [1.54, 1.807) is 30.3 Å². The Balaban J connectivity index is 1.96. The van der Waals surface area contributed by atoms with Crippen molar-refractivity contribution in [2.75, 3.05) is 6.54 Å². The Labute approximate surface area is 128 Å². The van der Waals surface area contributed by atoms with Crippen LogP contribution in [0.5, 0.6) is 0 Å². The van der Waals surface area contributed by atoms with Crippen molar-refractivity contribution < 1.29 is 9.90 Å². The molecule has 2 aromatic rings. The standard InChI is InChI=1S/C17H16ClNO2/c18-14-7-5-12(6-8-14)16(20)13-4-3-11-2-1-9-19-17(21)15(11)10-13/h3-8,10,16,20H,1-2,9H2,(H,19,21). The molecule has 2 aromatic carbocycles. The molecule has 0 saturated carbocycles. The number of benzene rings is 2. The quantitative estimate of drug-likeness (QED) is 0.895. The Hall–Kier alpha value is -1.84. The third-order valence-electron chi connectivity index (χ3n) is 3.79. The van der Waals surface area contributed by atoms with Gasteiger partial charge in [-0.15, -0.1) is 0 Å². The van der Waals surface area contributed by atoms with Crippen molar-refractivity contribution in [2.24, 2.45) is 0 Å². The number of aryl methyl sites for hydroxylation is 1. The summed E-state index contributed by atoms with van der Waals surface area (Å²) in [4.78, 5) is 12.1. The highest BCUT2D eigenvalue weighted by Gasteiger charge is 2.18. The number of rotatable bonds is 2. The number of carbonyl (C=O) groups excluding carboxylic acids is 1. The molecule has 3 rings (SSSR count). The van der Waals surface area contributed by atoms with Gasteiger partial charge in [-0.25, -0.2) is 0 Å². The zero-order chi connectivity index (χ0) is 14.8. The molecule has 108 valence electrons. The van der Waals surface area contributed by atoms with Gasteiger partial charge in [-0.05, 0) is 47.7 Å². The number of hydrogen-bond acceptors (Lipinski definition) is 2. The van der Waals surface area contributed by atoms with Gasteiger partial charge in [0.05, 0.1) is 0 Å². The average molecular weight is 302 g/mol. The highest BCUT2D eigenvalue weighted by atomic mass is 35.5. The van der Waals surface area contributed by atoms with Gasteiger partial charge in [-0.1, -0.05) is 35.9 Å². The van der Waals surface area contributed by atoms with E-state index in [1.807, 2.05) is 12.1 Å². The van der Waals surface area contributed by atoms with E-state index in [-0.39, 0.29) is 5.91 Å². The smallest absolute Gasteiger partial charge is 0.251 e. The van der Waals surface area contributed by atoms with Crippen LogP contribution in [-0.4, -0.2) is 17.6 Å². The molecule has 4 heteroatoms. The summed E-state index contributed by atoms with van der Waals surface area (Å²) in [6.45, 7) is 0.697. The lowest BCUT2D eigenvalue weighted by Gasteiger charge is -2.14. The van der Waals surface area contributed by atoms with Crippen molar-refractivity contribution >= 4 is 17.5 Å². The topological polar surface area (TPSA) is 49.3 Å². The number of amides is 1. The van der Waals surface area contributed by atoms with E-state index < -0.39 is 6.10 Å². The van der Waals surface area contributed by atoms with Crippen molar-refractivity contribution in [2.45, 2.75) is 18.9 Å². The number of aliphatic hydroxyl groups excluding tert-OH is 1. The molecule has 1 aliphatic rings. The van der Waals surface area contributed by atoms with E-state index in [0.717, 1.165) is 24.0 Å². The van der Waals surface area contributed by atoms with Crippen LogP contribution in [0.15, 0.2) is 42.5 Å². The first-order chi connectivity index (χ1) is 10.1. The molecule has 21 heavy (non-hydrogen) atoms. The highest BCUT2D eigenvalue weighted by molar-refractivity contribution is 6.30. The Morgan fingerprint density at radius 1 is 1.10 bits per heavy atom. The van der Waals surface area contributed by atoms with Gasteiger partial charge in [0.25, 0.3) is 5.91 Å². The molecule has 0 radical (unpaired) electrons. The van der Waals surface area contributed by atoms with Crippen LogP contribution in [0.25, 0.3) is 0 Å². The number of halogens is 1. The lowest BCUT2D eigenvalue weighted by atomic mass is 9.95. The summed E-state index contributed by atoms with van der Waals surface area (Å²) in [6.07, 6.45) is 1.06. The summed E-state index contributed by atoms with van der Waals surface area (Å²) in [5.41, 5.74) is 3.18. The van der Waals surface area contributed by atoms with Crippen LogP contribution in [-0.2, 0) is 6.42 Å². The summed E-state index contributed by atoms with van der Waals surface area (Å²) in [6, 6.07) is 12.7. The molecule has 0 aromatic heterocycles. The van der Waals surface area contributed by atoms with E-state index in [0.29, 0.717) is 22.7 Å². The number of aliphatic hydroxyl groups is 1. The summed E-state index contributed by atoms with van der Waals surface area (Å²) in [7, 11) is 0. The number of nitrogens with one attached hydrogen (secondary N) is 1. The van der Waals surface area contributed by atoms with Crippen LogP contribution in [0.1, 0.15) is 39.6 Å². The van der Waals surface area contributed by atoms with E-state index in [2.05, 4.69) is 5.32 Å². The van der Waals surface area contributed by atoms with Crippen LogP contribution >= 0.6 is 11.6 Å². The maximum absolute atomic E-state index is 12.1. The second-order valence-corrected chi connectivity index (χ2v) is 5.67. The Morgan fingerprint density at radius 3 is 2.57 bits per heavy atom. The van der Waals surface area contributed by atoms with Crippen molar-refractivity contribution in [1.82, 2.24) is 5.32 Å². The van der Waals surface area contributed by atoms with Gasteiger partial charge in [-0.2, -0.15) is 0 Å². The SMILES string of the molecule is O=C1NCCCc2ccc(C(O)c3ccc(Cl)cc3)cc21. The minimum Gasteiger partial charge on any atom is -0.384 e. The molecule has 0 aliphatic carbocycles. The predicted octanol–water partition coefficient (Wildman–Crippen LogP) is 3.10. The average Bonchev–Trinajstić information content (AvgIpc) is 2.69. The summed E-state index contributed by atoms with van der Waals surface area (Å²) in [5.74, 6) is -0.0624. The van der Waals surface area contributed by atoms with Crippen molar-refractivity contribution in [3.63, 3.8) is 0 Å². The molecule has 3 nitrogen and oxygen atoms in total. The minimum absolute atomic E-state index is 0.0624. The number of hydrogen-bond donors (Lipinski definition) is 2. The summed E-state index contributed by atoms with van der Waals surface area (Å²) in [5, 5.41) is 14.0. The highest BCUT2D eigenvalue weighted by Crippen LogP contribution is 2.26. The maximum atomic E-state index is 12.1. The molecule has 1 amide bonds. The van der Waals surface area contributed by atoms with Gasteiger partial charge in [0.15, 0.2) is 0 Å². The predicted molar refractivity (Wildman–Crippen MR) is 82.6 cm³/mol. The lowest BCUT2D eigenvalue weighted by molar-refractivity contribution is 0.0956. The molecule has 0 saturated heterocycles. The van der Waals surface area contributed by atoms with Crippen LogP contribution < -0.4 is 5.32 Å². The fourth-order valence-electron chi connectivity index (χ4n) is 2.61. The lowest BCUT2D eigenvalue weighted by Crippen LogP contribution is -2.22. The normalized spacial score (nSPS) is 15.8. The van der Waals surface area contributed by atoms with E-state index in [4.69, 9.17) is 11.6 Å². The van der Waals surface area contributed by atoms with Gasteiger partial charge in [-0.3, -0.25) is 4.79 Å². The van der Waals surface area contributed by atoms with E-state index >= 15 is 0 Å².